The summed E-state index contributed by atoms with van der Waals surface area (Å²) in [7, 11) is 3.85. The average Bonchev–Trinajstić information content (AvgIpc) is 3.01. The minimum atomic E-state index is 0.253. The molecular formula is C33H70N4O5. The van der Waals surface area contributed by atoms with Gasteiger partial charge in [-0.2, -0.15) is 0 Å². The third kappa shape index (κ3) is 23.6. The normalized spacial score (nSPS) is 16.6. The first-order valence-electron chi connectivity index (χ1n) is 17.1. The summed E-state index contributed by atoms with van der Waals surface area (Å²) in [5, 5.41) is 0. The second-order valence-electron chi connectivity index (χ2n) is 11.4. The number of hydrogen-bond donors (Lipinski definition) is 0. The van der Waals surface area contributed by atoms with Crippen LogP contribution in [0.2, 0.25) is 0 Å². The van der Waals surface area contributed by atoms with Gasteiger partial charge in [0.1, 0.15) is 0 Å². The van der Waals surface area contributed by atoms with Crippen molar-refractivity contribution in [3.05, 3.63) is 0 Å². The summed E-state index contributed by atoms with van der Waals surface area (Å²) in [6.07, 6.45) is 9.45. The van der Waals surface area contributed by atoms with Gasteiger partial charge in [-0.1, -0.05) is 52.9 Å². The monoisotopic (exact) mass is 603 g/mol. The molecule has 9 heteroatoms. The van der Waals surface area contributed by atoms with Crippen molar-refractivity contribution in [2.45, 2.75) is 92.0 Å². The molecule has 2 saturated heterocycles. The average molecular weight is 603 g/mol. The van der Waals surface area contributed by atoms with Crippen molar-refractivity contribution in [1.29, 1.82) is 0 Å². The summed E-state index contributed by atoms with van der Waals surface area (Å²) in [6.45, 7) is 25.1. The lowest BCUT2D eigenvalue weighted by Crippen LogP contribution is -2.50. The number of ether oxygens (including phenoxy) is 4. The summed E-state index contributed by atoms with van der Waals surface area (Å²) >= 11 is 0. The Hall–Kier alpha value is -0.810. The third-order valence-electron chi connectivity index (χ3n) is 7.67. The number of amides is 1. The first kappa shape index (κ1) is 41.2. The minimum absolute atomic E-state index is 0.253. The highest BCUT2D eigenvalue weighted by molar-refractivity contribution is 5.76. The van der Waals surface area contributed by atoms with E-state index < -0.39 is 0 Å². The molecule has 0 spiro atoms. The Morgan fingerprint density at radius 2 is 1.21 bits per heavy atom. The van der Waals surface area contributed by atoms with Crippen LogP contribution < -0.4 is 0 Å². The molecule has 2 aliphatic heterocycles. The number of carbonyl (C=O) groups is 1. The Morgan fingerprint density at radius 1 is 0.667 bits per heavy atom. The van der Waals surface area contributed by atoms with E-state index in [2.05, 4.69) is 42.5 Å². The summed E-state index contributed by atoms with van der Waals surface area (Å²) in [4.78, 5) is 21.4. The van der Waals surface area contributed by atoms with E-state index in [1.54, 1.807) is 7.11 Å². The number of nitrogens with zero attached hydrogens (tertiary/aromatic N) is 4. The van der Waals surface area contributed by atoms with E-state index in [4.69, 9.17) is 18.9 Å². The highest BCUT2D eigenvalue weighted by Gasteiger charge is 2.21. The van der Waals surface area contributed by atoms with Crippen LogP contribution in [0.15, 0.2) is 0 Å². The Bertz CT molecular complexity index is 569. The van der Waals surface area contributed by atoms with Crippen LogP contribution in [0.1, 0.15) is 86.0 Å². The molecule has 2 heterocycles. The van der Waals surface area contributed by atoms with Crippen molar-refractivity contribution < 1.29 is 23.7 Å². The maximum atomic E-state index is 12.1. The van der Waals surface area contributed by atoms with E-state index in [0.717, 1.165) is 52.4 Å². The number of unbranched alkanes of at least 4 members (excludes halogenated alkanes) is 5. The van der Waals surface area contributed by atoms with Crippen LogP contribution in [0.25, 0.3) is 0 Å². The molecule has 0 radical (unpaired) electrons. The Balaban J connectivity index is 0.000000769. The van der Waals surface area contributed by atoms with Gasteiger partial charge in [0.05, 0.1) is 33.0 Å². The van der Waals surface area contributed by atoms with Crippen molar-refractivity contribution in [3.8, 4) is 0 Å². The van der Waals surface area contributed by atoms with Crippen LogP contribution in [0.5, 0.6) is 0 Å². The molecule has 0 aromatic carbocycles. The summed E-state index contributed by atoms with van der Waals surface area (Å²) < 4.78 is 21.3. The predicted molar refractivity (Wildman–Crippen MR) is 176 cm³/mol. The van der Waals surface area contributed by atoms with Crippen LogP contribution in [0.3, 0.4) is 0 Å². The number of methoxy groups -OCH3 is 1. The molecule has 0 bridgehead atoms. The minimum Gasteiger partial charge on any atom is -0.382 e. The zero-order valence-corrected chi connectivity index (χ0v) is 28.9. The lowest BCUT2D eigenvalue weighted by molar-refractivity contribution is -0.133. The second kappa shape index (κ2) is 30.2. The van der Waals surface area contributed by atoms with E-state index in [1.807, 2.05) is 18.7 Å². The number of hydrogen-bond acceptors (Lipinski definition) is 8. The first-order valence-corrected chi connectivity index (χ1v) is 17.1. The maximum absolute atomic E-state index is 12.1. The van der Waals surface area contributed by atoms with Crippen LogP contribution in [-0.4, -0.2) is 151 Å². The van der Waals surface area contributed by atoms with Gasteiger partial charge in [0.15, 0.2) is 0 Å². The van der Waals surface area contributed by atoms with Crippen LogP contribution in [-0.2, 0) is 23.7 Å². The van der Waals surface area contributed by atoms with E-state index in [1.165, 1.54) is 64.7 Å². The highest BCUT2D eigenvalue weighted by atomic mass is 16.5. The van der Waals surface area contributed by atoms with Crippen molar-refractivity contribution in [3.63, 3.8) is 0 Å². The van der Waals surface area contributed by atoms with E-state index in [9.17, 15) is 4.79 Å². The summed E-state index contributed by atoms with van der Waals surface area (Å²) in [5.74, 6) is 0.253. The van der Waals surface area contributed by atoms with E-state index in [0.29, 0.717) is 45.5 Å². The molecule has 42 heavy (non-hydrogen) atoms. The van der Waals surface area contributed by atoms with E-state index in [-0.39, 0.29) is 5.91 Å². The fourth-order valence-electron chi connectivity index (χ4n) is 4.79. The molecule has 0 saturated carbocycles. The standard InChI is InChI=1S/C16H32N2O4.C15H32N2O.C2H6/c1-15(2)17-6-8-18(9-7-17)16(19)5-4-10-21-13-14-22-12-11-20-3;1-3-4-5-6-7-8-14-18-15-13-17-11-9-16(2)10-12-17;1-2/h15H,4-14H2,1-3H3;3-15H2,1-2H3;1-2H3. The quantitative estimate of drug-likeness (QED) is 0.176. The summed E-state index contributed by atoms with van der Waals surface area (Å²) in [6, 6.07) is 0.566. The molecule has 252 valence electrons. The van der Waals surface area contributed by atoms with Crippen LogP contribution in [0.4, 0.5) is 0 Å². The second-order valence-corrected chi connectivity index (χ2v) is 11.4. The molecule has 1 amide bonds. The number of carbonyl (C=O) groups excluding carboxylic acids is 1. The SMILES string of the molecule is CC.CCCCCCCCOCCN1CCN(C)CC1.COCCOCCOCCCC(=O)N1CCN(C(C)C)CC1. The molecule has 2 rings (SSSR count). The Labute approximate surface area is 260 Å². The summed E-state index contributed by atoms with van der Waals surface area (Å²) in [5.41, 5.74) is 0. The van der Waals surface area contributed by atoms with Crippen molar-refractivity contribution in [2.24, 2.45) is 0 Å². The van der Waals surface area contributed by atoms with Gasteiger partial charge in [0, 0.05) is 91.7 Å². The highest BCUT2D eigenvalue weighted by Crippen LogP contribution is 2.08. The Morgan fingerprint density at radius 3 is 1.83 bits per heavy atom. The molecule has 2 aliphatic rings. The predicted octanol–water partition coefficient (Wildman–Crippen LogP) is 4.64. The van der Waals surface area contributed by atoms with E-state index >= 15 is 0 Å². The van der Waals surface area contributed by atoms with Gasteiger partial charge < -0.3 is 28.7 Å². The molecule has 0 atom stereocenters. The maximum Gasteiger partial charge on any atom is 0.222 e. The first-order chi connectivity index (χ1) is 20.5. The topological polar surface area (TPSA) is 67.0 Å². The molecule has 0 aliphatic carbocycles. The molecule has 0 N–H and O–H groups in total. The number of likely N-dealkylation sites (N-methyl/N-ethyl adjacent to an activating group) is 1. The molecule has 0 aromatic heterocycles. The van der Waals surface area contributed by atoms with Crippen LogP contribution >= 0.6 is 0 Å². The zero-order valence-electron chi connectivity index (χ0n) is 28.9. The molecular weight excluding hydrogens is 532 g/mol. The fraction of sp³-hybridized carbons (Fsp3) is 0.970. The zero-order chi connectivity index (χ0) is 31.3. The smallest absolute Gasteiger partial charge is 0.222 e. The van der Waals surface area contributed by atoms with Gasteiger partial charge >= 0.3 is 0 Å². The fourth-order valence-corrected chi connectivity index (χ4v) is 4.79. The van der Waals surface area contributed by atoms with Gasteiger partial charge in [-0.05, 0) is 33.7 Å². The molecule has 0 aromatic rings. The van der Waals surface area contributed by atoms with Gasteiger partial charge in [-0.3, -0.25) is 14.6 Å². The third-order valence-corrected chi connectivity index (χ3v) is 7.67. The van der Waals surface area contributed by atoms with Crippen LogP contribution in [0, 0.1) is 0 Å². The molecule has 2 fully saturated rings. The van der Waals surface area contributed by atoms with Gasteiger partial charge in [0.25, 0.3) is 0 Å². The number of piperazine rings is 2. The van der Waals surface area contributed by atoms with Gasteiger partial charge in [0.2, 0.25) is 5.91 Å². The Kier molecular flexibility index (Phi) is 29.6. The van der Waals surface area contributed by atoms with Gasteiger partial charge in [-0.15, -0.1) is 0 Å². The van der Waals surface area contributed by atoms with Crippen molar-refractivity contribution in [1.82, 2.24) is 19.6 Å². The largest absolute Gasteiger partial charge is 0.382 e. The lowest BCUT2D eigenvalue weighted by atomic mass is 10.1. The van der Waals surface area contributed by atoms with Gasteiger partial charge in [-0.25, -0.2) is 0 Å². The van der Waals surface area contributed by atoms with Crippen molar-refractivity contribution in [2.75, 3.05) is 119 Å². The lowest BCUT2D eigenvalue weighted by Gasteiger charge is -2.37. The van der Waals surface area contributed by atoms with Crippen molar-refractivity contribution >= 4 is 5.91 Å². The molecule has 9 nitrogen and oxygen atoms in total. The molecule has 0 unspecified atom stereocenters. The number of rotatable bonds is 21.